The molecule has 49 heavy (non-hydrogen) atoms. The maximum Gasteiger partial charge on any atom is 0.410 e. The molecule has 0 atom stereocenters. The summed E-state index contributed by atoms with van der Waals surface area (Å²) in [6.07, 6.45) is 12.5. The van der Waals surface area contributed by atoms with Crippen molar-refractivity contribution in [3.8, 4) is 23.1 Å². The summed E-state index contributed by atoms with van der Waals surface area (Å²) < 4.78 is 9.50. The van der Waals surface area contributed by atoms with E-state index in [2.05, 4.69) is 16.7 Å². The van der Waals surface area contributed by atoms with Crippen LogP contribution in [0, 0.1) is 16.7 Å². The third kappa shape index (κ3) is 7.88. The molecular formula is C37H47N9O3. The lowest BCUT2D eigenvalue weighted by Crippen LogP contribution is -2.44. The molecule has 12 nitrogen and oxygen atoms in total. The average molecular weight is 666 g/mol. The van der Waals surface area contributed by atoms with E-state index in [-0.39, 0.29) is 30.1 Å². The van der Waals surface area contributed by atoms with Crippen molar-refractivity contribution in [1.29, 1.82) is 5.26 Å². The molecule has 2 aliphatic rings. The standard InChI is InChI=1S/C37H47N9O3/c1-36(2,3)33(47)42-28-10-8-27(9-11-28)41-32-30(22-39-34(43-32)45-18-13-25-19-24(20-38)7-12-31(25)45)26-21-40-46(23-26)29-14-16-44(17-15-29)35(48)49-37(4,5)6/h7,12-13,18-19,21-23,27-29H,8-11,14-17H2,1-6H3,(H,42,47)(H,39,41,43). The fourth-order valence-electron chi connectivity index (χ4n) is 6.49. The lowest BCUT2D eigenvalue weighted by molar-refractivity contribution is -0.129. The van der Waals surface area contributed by atoms with Gasteiger partial charge in [0.2, 0.25) is 11.9 Å². The van der Waals surface area contributed by atoms with Gasteiger partial charge in [-0.1, -0.05) is 20.8 Å². The van der Waals surface area contributed by atoms with Crippen LogP contribution in [0.1, 0.15) is 91.7 Å². The summed E-state index contributed by atoms with van der Waals surface area (Å²) in [5, 5.41) is 22.0. The van der Waals surface area contributed by atoms with Crippen molar-refractivity contribution < 1.29 is 14.3 Å². The molecule has 2 amide bonds. The lowest BCUT2D eigenvalue weighted by atomic mass is 9.89. The highest BCUT2D eigenvalue weighted by Crippen LogP contribution is 2.32. The maximum atomic E-state index is 12.6. The molecule has 4 heterocycles. The van der Waals surface area contributed by atoms with E-state index in [1.54, 1.807) is 11.0 Å². The summed E-state index contributed by atoms with van der Waals surface area (Å²) >= 11 is 0. The molecule has 1 aliphatic heterocycles. The molecule has 1 saturated carbocycles. The minimum atomic E-state index is -0.523. The molecule has 0 unspecified atom stereocenters. The van der Waals surface area contributed by atoms with E-state index in [9.17, 15) is 14.9 Å². The quantitative estimate of drug-likeness (QED) is 0.234. The van der Waals surface area contributed by atoms with Gasteiger partial charge in [0.15, 0.2) is 0 Å². The number of benzene rings is 1. The van der Waals surface area contributed by atoms with E-state index in [0.29, 0.717) is 24.6 Å². The Morgan fingerprint density at radius 3 is 2.35 bits per heavy atom. The first-order valence-electron chi connectivity index (χ1n) is 17.3. The Hall–Kier alpha value is -4.92. The number of carbonyl (C=O) groups excluding carboxylic acids is 2. The number of amides is 2. The summed E-state index contributed by atoms with van der Waals surface area (Å²) in [5.41, 5.74) is 2.34. The highest BCUT2D eigenvalue weighted by molar-refractivity contribution is 5.83. The number of hydrogen-bond donors (Lipinski definition) is 2. The van der Waals surface area contributed by atoms with Crippen molar-refractivity contribution in [2.24, 2.45) is 5.41 Å². The first kappa shape index (κ1) is 34.0. The molecule has 0 radical (unpaired) electrons. The van der Waals surface area contributed by atoms with Gasteiger partial charge in [-0.05, 0) is 83.6 Å². The Balaban J connectivity index is 1.22. The van der Waals surface area contributed by atoms with Gasteiger partial charge in [0, 0.05) is 65.7 Å². The Morgan fingerprint density at radius 2 is 1.67 bits per heavy atom. The Morgan fingerprint density at radius 1 is 0.959 bits per heavy atom. The number of carbonyl (C=O) groups is 2. The van der Waals surface area contributed by atoms with E-state index in [1.807, 2.05) is 93.8 Å². The average Bonchev–Trinajstić information content (AvgIpc) is 3.72. The smallest absolute Gasteiger partial charge is 0.410 e. The number of ether oxygens (including phenoxy) is 1. The first-order valence-corrected chi connectivity index (χ1v) is 17.3. The number of hydrogen-bond acceptors (Lipinski definition) is 8. The van der Waals surface area contributed by atoms with Crippen LogP contribution in [-0.4, -0.2) is 72.0 Å². The van der Waals surface area contributed by atoms with Gasteiger partial charge in [0.05, 0.1) is 29.4 Å². The van der Waals surface area contributed by atoms with Crippen molar-refractivity contribution in [3.63, 3.8) is 0 Å². The number of nitrogens with one attached hydrogen (secondary N) is 2. The van der Waals surface area contributed by atoms with Crippen molar-refractivity contribution in [2.75, 3.05) is 18.4 Å². The number of fused-ring (bicyclic) bond motifs is 1. The molecule has 3 aromatic heterocycles. The van der Waals surface area contributed by atoms with Crippen molar-refractivity contribution in [3.05, 3.63) is 54.6 Å². The Kier molecular flexibility index (Phi) is 9.38. The zero-order valence-electron chi connectivity index (χ0n) is 29.4. The van der Waals surface area contributed by atoms with Crippen LogP contribution >= 0.6 is 0 Å². The number of aromatic nitrogens is 5. The largest absolute Gasteiger partial charge is 0.444 e. The third-order valence-electron chi connectivity index (χ3n) is 9.30. The van der Waals surface area contributed by atoms with Crippen LogP contribution in [0.2, 0.25) is 0 Å². The number of rotatable bonds is 6. The van der Waals surface area contributed by atoms with Crippen molar-refractivity contribution in [1.82, 2.24) is 34.5 Å². The molecule has 0 spiro atoms. The lowest BCUT2D eigenvalue weighted by Gasteiger charge is -2.33. The van der Waals surface area contributed by atoms with Gasteiger partial charge in [-0.15, -0.1) is 0 Å². The van der Waals surface area contributed by atoms with Gasteiger partial charge in [-0.2, -0.15) is 15.3 Å². The summed E-state index contributed by atoms with van der Waals surface area (Å²) in [5.74, 6) is 1.33. The molecule has 12 heteroatoms. The van der Waals surface area contributed by atoms with E-state index in [1.165, 1.54) is 0 Å². The summed E-state index contributed by atoms with van der Waals surface area (Å²) in [6, 6.07) is 10.3. The number of likely N-dealkylation sites (tertiary alicyclic amines) is 1. The van der Waals surface area contributed by atoms with E-state index < -0.39 is 11.0 Å². The fraction of sp³-hybridized carbons (Fsp3) is 0.514. The van der Waals surface area contributed by atoms with Gasteiger partial charge in [-0.3, -0.25) is 14.0 Å². The van der Waals surface area contributed by atoms with E-state index in [4.69, 9.17) is 19.8 Å². The Labute approximate surface area is 287 Å². The number of nitriles is 1. The van der Waals surface area contributed by atoms with Crippen LogP contribution in [0.5, 0.6) is 0 Å². The molecule has 1 aliphatic carbocycles. The monoisotopic (exact) mass is 665 g/mol. The highest BCUT2D eigenvalue weighted by atomic mass is 16.6. The summed E-state index contributed by atoms with van der Waals surface area (Å²) in [7, 11) is 0. The highest BCUT2D eigenvalue weighted by Gasteiger charge is 2.30. The van der Waals surface area contributed by atoms with Crippen LogP contribution in [0.3, 0.4) is 0 Å². The predicted molar refractivity (Wildman–Crippen MR) is 188 cm³/mol. The molecule has 2 N–H and O–H groups in total. The maximum absolute atomic E-state index is 12.6. The SMILES string of the molecule is CC(C)(C)OC(=O)N1CCC(n2cc(-c3cnc(-n4ccc5cc(C#N)ccc54)nc3NC3CCC(NC(=O)C(C)(C)C)CC3)cn2)CC1. The van der Waals surface area contributed by atoms with Crippen LogP contribution < -0.4 is 10.6 Å². The number of piperidine rings is 1. The van der Waals surface area contributed by atoms with Gasteiger partial charge in [-0.25, -0.2) is 9.78 Å². The van der Waals surface area contributed by atoms with Crippen molar-refractivity contribution >= 4 is 28.7 Å². The fourth-order valence-corrected chi connectivity index (χ4v) is 6.49. The zero-order chi connectivity index (χ0) is 34.9. The second kappa shape index (κ2) is 13.5. The van der Waals surface area contributed by atoms with Crippen LogP contribution in [0.4, 0.5) is 10.6 Å². The Bertz CT molecular complexity index is 1860. The molecule has 4 aromatic rings. The van der Waals surface area contributed by atoms with E-state index >= 15 is 0 Å². The molecule has 258 valence electrons. The van der Waals surface area contributed by atoms with E-state index in [0.717, 1.165) is 66.4 Å². The first-order chi connectivity index (χ1) is 23.3. The number of nitrogens with zero attached hydrogens (tertiary/aromatic N) is 7. The van der Waals surface area contributed by atoms with Crippen molar-refractivity contribution in [2.45, 2.75) is 104 Å². The number of anilines is 1. The zero-order valence-corrected chi connectivity index (χ0v) is 29.4. The van der Waals surface area contributed by atoms with Crippen LogP contribution in [0.25, 0.3) is 28.0 Å². The summed E-state index contributed by atoms with van der Waals surface area (Å²) in [6.45, 7) is 12.7. The van der Waals surface area contributed by atoms with Gasteiger partial charge in [0.1, 0.15) is 11.4 Å². The summed E-state index contributed by atoms with van der Waals surface area (Å²) in [4.78, 5) is 36.8. The molecule has 1 saturated heterocycles. The van der Waals surface area contributed by atoms with Gasteiger partial charge < -0.3 is 20.3 Å². The molecule has 0 bridgehead atoms. The second-order valence-corrected chi connectivity index (χ2v) is 15.3. The minimum Gasteiger partial charge on any atom is -0.444 e. The van der Waals surface area contributed by atoms with Gasteiger partial charge >= 0.3 is 6.09 Å². The second-order valence-electron chi connectivity index (χ2n) is 15.3. The van der Waals surface area contributed by atoms with Crippen LogP contribution in [-0.2, 0) is 9.53 Å². The van der Waals surface area contributed by atoms with Crippen LogP contribution in [0.15, 0.2) is 49.1 Å². The molecular weight excluding hydrogens is 618 g/mol. The molecule has 1 aromatic carbocycles. The van der Waals surface area contributed by atoms with Gasteiger partial charge in [0.25, 0.3) is 0 Å². The third-order valence-corrected chi connectivity index (χ3v) is 9.30. The minimum absolute atomic E-state index is 0.0833. The normalized spacial score (nSPS) is 19.0. The predicted octanol–water partition coefficient (Wildman–Crippen LogP) is 6.61. The topological polar surface area (TPSA) is 143 Å². The molecule has 2 fully saturated rings. The molecule has 6 rings (SSSR count).